The van der Waals surface area contributed by atoms with Crippen molar-refractivity contribution in [2.45, 2.75) is 13.8 Å². The van der Waals surface area contributed by atoms with Crippen molar-refractivity contribution in [2.75, 3.05) is 11.9 Å². The monoisotopic (exact) mass is 277 g/mol. The van der Waals surface area contributed by atoms with Gasteiger partial charge in [0.2, 0.25) is 0 Å². The smallest absolute Gasteiger partial charge is 0.116 e. The van der Waals surface area contributed by atoms with Gasteiger partial charge in [0.25, 0.3) is 0 Å². The number of nitrogens with zero attached hydrogens (tertiary/aromatic N) is 2. The minimum Gasteiger partial charge on any atom is -0.385 e. The van der Waals surface area contributed by atoms with E-state index in [2.05, 4.69) is 59.5 Å². The summed E-state index contributed by atoms with van der Waals surface area (Å²) in [5, 5.41) is 4.51. The predicted molar refractivity (Wildman–Crippen MR) is 88.3 cm³/mol. The fourth-order valence-electron chi connectivity index (χ4n) is 2.30. The van der Waals surface area contributed by atoms with E-state index in [1.807, 2.05) is 18.2 Å². The molecule has 1 aromatic heterocycles. The first-order chi connectivity index (χ1) is 10.2. The number of rotatable bonds is 4. The molecular formula is C18H19N3. The van der Waals surface area contributed by atoms with Crippen LogP contribution in [0.1, 0.15) is 13.8 Å². The molecule has 2 aromatic carbocycles. The molecule has 0 saturated heterocycles. The largest absolute Gasteiger partial charge is 0.385 e. The zero-order valence-corrected chi connectivity index (χ0v) is 12.4. The van der Waals surface area contributed by atoms with Crippen LogP contribution in [0.5, 0.6) is 0 Å². The molecule has 0 aliphatic carbocycles. The van der Waals surface area contributed by atoms with Gasteiger partial charge in [-0.2, -0.15) is 0 Å². The van der Waals surface area contributed by atoms with Crippen molar-refractivity contribution in [2.24, 2.45) is 5.92 Å². The molecule has 21 heavy (non-hydrogen) atoms. The highest BCUT2D eigenvalue weighted by molar-refractivity contribution is 5.92. The van der Waals surface area contributed by atoms with E-state index in [-0.39, 0.29) is 0 Å². The third-order valence-electron chi connectivity index (χ3n) is 3.42. The molecule has 0 bridgehead atoms. The highest BCUT2D eigenvalue weighted by Crippen LogP contribution is 2.26. The van der Waals surface area contributed by atoms with Crippen LogP contribution in [-0.4, -0.2) is 16.5 Å². The molecule has 0 aliphatic heterocycles. The molecule has 106 valence electrons. The number of anilines is 1. The van der Waals surface area contributed by atoms with E-state index in [1.165, 1.54) is 0 Å². The number of fused-ring (bicyclic) bond motifs is 1. The molecule has 3 aromatic rings. The molecule has 3 rings (SSSR count). The number of nitrogens with one attached hydrogen (secondary N) is 1. The maximum atomic E-state index is 4.45. The van der Waals surface area contributed by atoms with E-state index in [1.54, 1.807) is 6.33 Å². The molecule has 0 unspecified atom stereocenters. The fraction of sp³-hybridized carbons (Fsp3) is 0.222. The van der Waals surface area contributed by atoms with Gasteiger partial charge in [0.1, 0.15) is 6.33 Å². The van der Waals surface area contributed by atoms with Gasteiger partial charge in [-0.25, -0.2) is 9.97 Å². The summed E-state index contributed by atoms with van der Waals surface area (Å²) in [6, 6.07) is 16.5. The van der Waals surface area contributed by atoms with E-state index in [9.17, 15) is 0 Å². The Morgan fingerprint density at radius 3 is 2.48 bits per heavy atom. The lowest BCUT2D eigenvalue weighted by Crippen LogP contribution is -2.07. The lowest BCUT2D eigenvalue weighted by Gasteiger charge is -2.10. The maximum absolute atomic E-state index is 4.45. The molecule has 3 nitrogen and oxygen atoms in total. The van der Waals surface area contributed by atoms with Crippen LogP contribution in [0.25, 0.3) is 22.2 Å². The van der Waals surface area contributed by atoms with Crippen LogP contribution in [0.3, 0.4) is 0 Å². The average Bonchev–Trinajstić information content (AvgIpc) is 2.53. The molecule has 0 atom stereocenters. The van der Waals surface area contributed by atoms with E-state index in [4.69, 9.17) is 0 Å². The second kappa shape index (κ2) is 5.92. The SMILES string of the molecule is CC(C)CNc1ccc(-c2ncnc3ccccc23)cc1. The molecule has 0 saturated carbocycles. The zero-order valence-electron chi connectivity index (χ0n) is 12.4. The van der Waals surface area contributed by atoms with Gasteiger partial charge in [-0.05, 0) is 24.1 Å². The second-order valence-corrected chi connectivity index (χ2v) is 5.59. The Bertz CT molecular complexity index is 728. The quantitative estimate of drug-likeness (QED) is 0.769. The van der Waals surface area contributed by atoms with Crippen molar-refractivity contribution in [3.8, 4) is 11.3 Å². The standard InChI is InChI=1S/C18H19N3/c1-13(2)11-19-15-9-7-14(8-10-15)18-16-5-3-4-6-17(16)20-12-21-18/h3-10,12-13,19H,11H2,1-2H3. The van der Waals surface area contributed by atoms with Crippen LogP contribution in [0.15, 0.2) is 54.9 Å². The summed E-state index contributed by atoms with van der Waals surface area (Å²) in [6.45, 7) is 5.39. The summed E-state index contributed by atoms with van der Waals surface area (Å²) in [7, 11) is 0. The van der Waals surface area contributed by atoms with E-state index in [0.717, 1.165) is 34.4 Å². The molecule has 1 N–H and O–H groups in total. The van der Waals surface area contributed by atoms with E-state index < -0.39 is 0 Å². The summed E-state index contributed by atoms with van der Waals surface area (Å²) in [6.07, 6.45) is 1.63. The molecular weight excluding hydrogens is 258 g/mol. The highest BCUT2D eigenvalue weighted by Gasteiger charge is 2.05. The highest BCUT2D eigenvalue weighted by atomic mass is 14.9. The third-order valence-corrected chi connectivity index (χ3v) is 3.42. The Morgan fingerprint density at radius 2 is 1.71 bits per heavy atom. The molecule has 0 radical (unpaired) electrons. The summed E-state index contributed by atoms with van der Waals surface area (Å²) < 4.78 is 0. The number of para-hydroxylation sites is 1. The first-order valence-corrected chi connectivity index (χ1v) is 7.28. The van der Waals surface area contributed by atoms with Gasteiger partial charge < -0.3 is 5.32 Å². The minimum atomic E-state index is 0.635. The Balaban J connectivity index is 1.92. The molecule has 0 amide bonds. The number of hydrogen-bond acceptors (Lipinski definition) is 3. The van der Waals surface area contributed by atoms with Gasteiger partial charge in [-0.3, -0.25) is 0 Å². The van der Waals surface area contributed by atoms with Gasteiger partial charge in [-0.1, -0.05) is 44.2 Å². The van der Waals surface area contributed by atoms with Crippen LogP contribution < -0.4 is 5.32 Å². The van der Waals surface area contributed by atoms with Gasteiger partial charge in [0.15, 0.2) is 0 Å². The van der Waals surface area contributed by atoms with Gasteiger partial charge in [0.05, 0.1) is 11.2 Å². The summed E-state index contributed by atoms with van der Waals surface area (Å²) in [5.41, 5.74) is 4.22. The van der Waals surface area contributed by atoms with Gasteiger partial charge in [-0.15, -0.1) is 0 Å². The van der Waals surface area contributed by atoms with Gasteiger partial charge >= 0.3 is 0 Å². The van der Waals surface area contributed by atoms with Crippen molar-refractivity contribution in [3.05, 3.63) is 54.9 Å². The number of benzene rings is 2. The van der Waals surface area contributed by atoms with Crippen molar-refractivity contribution in [1.29, 1.82) is 0 Å². The molecule has 0 aliphatic rings. The van der Waals surface area contributed by atoms with Crippen molar-refractivity contribution < 1.29 is 0 Å². The zero-order chi connectivity index (χ0) is 14.7. The molecule has 0 fully saturated rings. The maximum Gasteiger partial charge on any atom is 0.116 e. The topological polar surface area (TPSA) is 37.8 Å². The van der Waals surface area contributed by atoms with Crippen LogP contribution in [0, 0.1) is 5.92 Å². The average molecular weight is 277 g/mol. The Labute approximate surface area is 125 Å². The van der Waals surface area contributed by atoms with Crippen LogP contribution >= 0.6 is 0 Å². The molecule has 1 heterocycles. The van der Waals surface area contributed by atoms with Gasteiger partial charge in [0, 0.05) is 23.2 Å². The second-order valence-electron chi connectivity index (χ2n) is 5.59. The lowest BCUT2D eigenvalue weighted by atomic mass is 10.1. The fourth-order valence-corrected chi connectivity index (χ4v) is 2.30. The summed E-state index contributed by atoms with van der Waals surface area (Å²) >= 11 is 0. The summed E-state index contributed by atoms with van der Waals surface area (Å²) in [5.74, 6) is 0.635. The normalized spacial score (nSPS) is 11.0. The van der Waals surface area contributed by atoms with Crippen LogP contribution in [0.4, 0.5) is 5.69 Å². The van der Waals surface area contributed by atoms with E-state index in [0.29, 0.717) is 5.92 Å². The predicted octanol–water partition coefficient (Wildman–Crippen LogP) is 4.36. The lowest BCUT2D eigenvalue weighted by molar-refractivity contribution is 0.689. The first-order valence-electron chi connectivity index (χ1n) is 7.28. The Morgan fingerprint density at radius 1 is 0.952 bits per heavy atom. The van der Waals surface area contributed by atoms with Crippen molar-refractivity contribution in [1.82, 2.24) is 9.97 Å². The summed E-state index contributed by atoms with van der Waals surface area (Å²) in [4.78, 5) is 8.76. The Hall–Kier alpha value is -2.42. The number of hydrogen-bond donors (Lipinski definition) is 1. The van der Waals surface area contributed by atoms with E-state index >= 15 is 0 Å². The van der Waals surface area contributed by atoms with Crippen LogP contribution in [0.2, 0.25) is 0 Å². The van der Waals surface area contributed by atoms with Crippen LogP contribution in [-0.2, 0) is 0 Å². The van der Waals surface area contributed by atoms with Crippen molar-refractivity contribution in [3.63, 3.8) is 0 Å². The minimum absolute atomic E-state index is 0.635. The number of aromatic nitrogens is 2. The molecule has 3 heteroatoms. The third kappa shape index (κ3) is 3.02. The molecule has 0 spiro atoms. The first kappa shape index (κ1) is 13.6. The Kier molecular flexibility index (Phi) is 3.82. The van der Waals surface area contributed by atoms with Crippen molar-refractivity contribution >= 4 is 16.6 Å².